The third-order valence-electron chi connectivity index (χ3n) is 3.55. The number of ether oxygens (including phenoxy) is 1. The van der Waals surface area contributed by atoms with E-state index in [1.807, 2.05) is 32.0 Å². The molecule has 1 fully saturated rings. The molecule has 1 aromatic carbocycles. The van der Waals surface area contributed by atoms with Gasteiger partial charge in [-0.05, 0) is 44.0 Å². The van der Waals surface area contributed by atoms with Crippen molar-refractivity contribution < 1.29 is 14.3 Å². The van der Waals surface area contributed by atoms with Crippen LogP contribution >= 0.6 is 0 Å². The average molecular weight is 261 g/mol. The predicted molar refractivity (Wildman–Crippen MR) is 73.0 cm³/mol. The van der Waals surface area contributed by atoms with E-state index in [1.165, 1.54) is 5.56 Å². The fourth-order valence-electron chi connectivity index (χ4n) is 2.27. The van der Waals surface area contributed by atoms with Gasteiger partial charge in [0.15, 0.2) is 0 Å². The van der Waals surface area contributed by atoms with Gasteiger partial charge in [-0.25, -0.2) is 0 Å². The zero-order valence-electron chi connectivity index (χ0n) is 11.6. The van der Waals surface area contributed by atoms with E-state index in [1.54, 1.807) is 11.8 Å². The molecule has 2 rings (SSSR count). The number of esters is 1. The Bertz CT molecular complexity index is 510. The lowest BCUT2D eigenvalue weighted by Crippen LogP contribution is -2.26. The molecule has 0 radical (unpaired) electrons. The van der Waals surface area contributed by atoms with Crippen molar-refractivity contribution in [2.24, 2.45) is 5.92 Å². The van der Waals surface area contributed by atoms with Crippen LogP contribution in [0.4, 0.5) is 5.69 Å². The van der Waals surface area contributed by atoms with Gasteiger partial charge in [-0.3, -0.25) is 9.59 Å². The van der Waals surface area contributed by atoms with E-state index in [4.69, 9.17) is 4.74 Å². The normalized spacial score (nSPS) is 18.8. The summed E-state index contributed by atoms with van der Waals surface area (Å²) in [7, 11) is 0. The van der Waals surface area contributed by atoms with E-state index in [2.05, 4.69) is 0 Å². The minimum absolute atomic E-state index is 0.0127. The number of amides is 1. The molecule has 0 unspecified atom stereocenters. The van der Waals surface area contributed by atoms with Gasteiger partial charge in [-0.15, -0.1) is 0 Å². The Labute approximate surface area is 113 Å². The summed E-state index contributed by atoms with van der Waals surface area (Å²) < 4.78 is 4.98. The standard InChI is InChI=1S/C15H19NO3/c1-4-19-15(18)12-8-14(17)16(9-12)13-6-5-10(2)11(3)7-13/h5-7,12H,4,8-9H2,1-3H3/t12-/m0/s1. The van der Waals surface area contributed by atoms with E-state index in [-0.39, 0.29) is 24.2 Å². The van der Waals surface area contributed by atoms with Crippen LogP contribution < -0.4 is 4.90 Å². The molecule has 1 atom stereocenters. The molecule has 0 aromatic heterocycles. The van der Waals surface area contributed by atoms with Crippen molar-refractivity contribution >= 4 is 17.6 Å². The molecular weight excluding hydrogens is 242 g/mol. The summed E-state index contributed by atoms with van der Waals surface area (Å²) in [4.78, 5) is 25.4. The van der Waals surface area contributed by atoms with Crippen molar-refractivity contribution in [3.05, 3.63) is 29.3 Å². The first kappa shape index (κ1) is 13.6. The first-order chi connectivity index (χ1) is 9.02. The molecule has 4 heteroatoms. The molecular formula is C15H19NO3. The van der Waals surface area contributed by atoms with Crippen LogP contribution in [0.15, 0.2) is 18.2 Å². The maximum absolute atomic E-state index is 12.0. The summed E-state index contributed by atoms with van der Waals surface area (Å²) in [6, 6.07) is 5.91. The number of aryl methyl sites for hydroxylation is 2. The lowest BCUT2D eigenvalue weighted by atomic mass is 10.1. The van der Waals surface area contributed by atoms with Gasteiger partial charge in [-0.1, -0.05) is 6.07 Å². The first-order valence-electron chi connectivity index (χ1n) is 6.57. The average Bonchev–Trinajstić information content (AvgIpc) is 2.75. The lowest BCUT2D eigenvalue weighted by molar-refractivity contribution is -0.147. The Morgan fingerprint density at radius 3 is 2.74 bits per heavy atom. The molecule has 1 amide bonds. The summed E-state index contributed by atoms with van der Waals surface area (Å²) >= 11 is 0. The van der Waals surface area contributed by atoms with Gasteiger partial charge in [-0.2, -0.15) is 0 Å². The van der Waals surface area contributed by atoms with Crippen LogP contribution in [0.3, 0.4) is 0 Å². The smallest absolute Gasteiger partial charge is 0.311 e. The number of nitrogens with zero attached hydrogens (tertiary/aromatic N) is 1. The zero-order valence-corrected chi connectivity index (χ0v) is 11.6. The molecule has 19 heavy (non-hydrogen) atoms. The van der Waals surface area contributed by atoms with Crippen molar-refractivity contribution in [1.29, 1.82) is 0 Å². The van der Waals surface area contributed by atoms with Crippen molar-refractivity contribution in [3.8, 4) is 0 Å². The maximum Gasteiger partial charge on any atom is 0.311 e. The number of carbonyl (C=O) groups excluding carboxylic acids is 2. The van der Waals surface area contributed by atoms with Gasteiger partial charge in [0.1, 0.15) is 0 Å². The highest BCUT2D eigenvalue weighted by Gasteiger charge is 2.36. The third-order valence-corrected chi connectivity index (χ3v) is 3.55. The van der Waals surface area contributed by atoms with Gasteiger partial charge < -0.3 is 9.64 Å². The molecule has 1 aromatic rings. The highest BCUT2D eigenvalue weighted by Crippen LogP contribution is 2.27. The number of carbonyl (C=O) groups is 2. The fourth-order valence-corrected chi connectivity index (χ4v) is 2.27. The number of benzene rings is 1. The molecule has 0 aliphatic carbocycles. The van der Waals surface area contributed by atoms with Crippen LogP contribution in [0.25, 0.3) is 0 Å². The molecule has 1 saturated heterocycles. The van der Waals surface area contributed by atoms with Gasteiger partial charge in [0.2, 0.25) is 5.91 Å². The summed E-state index contributed by atoms with van der Waals surface area (Å²) in [5, 5.41) is 0. The predicted octanol–water partition coefficient (Wildman–Crippen LogP) is 2.22. The molecule has 0 N–H and O–H groups in total. The quantitative estimate of drug-likeness (QED) is 0.784. The topological polar surface area (TPSA) is 46.6 Å². The maximum atomic E-state index is 12.0. The highest BCUT2D eigenvalue weighted by molar-refractivity contribution is 5.99. The SMILES string of the molecule is CCOC(=O)[C@H]1CC(=O)N(c2ccc(C)c(C)c2)C1. The zero-order chi connectivity index (χ0) is 14.0. The Kier molecular flexibility index (Phi) is 3.88. The van der Waals surface area contributed by atoms with Gasteiger partial charge in [0.05, 0.1) is 12.5 Å². The summed E-state index contributed by atoms with van der Waals surface area (Å²) in [5.41, 5.74) is 3.20. The Morgan fingerprint density at radius 2 is 2.11 bits per heavy atom. The van der Waals surface area contributed by atoms with E-state index in [0.717, 1.165) is 11.3 Å². The lowest BCUT2D eigenvalue weighted by Gasteiger charge is -2.17. The van der Waals surface area contributed by atoms with Crippen LogP contribution in [-0.4, -0.2) is 25.0 Å². The van der Waals surface area contributed by atoms with Gasteiger partial charge in [0, 0.05) is 18.7 Å². The van der Waals surface area contributed by atoms with Crippen molar-refractivity contribution in [3.63, 3.8) is 0 Å². The second kappa shape index (κ2) is 5.43. The largest absolute Gasteiger partial charge is 0.466 e. The van der Waals surface area contributed by atoms with Crippen molar-refractivity contribution in [2.45, 2.75) is 27.2 Å². The van der Waals surface area contributed by atoms with Gasteiger partial charge >= 0.3 is 5.97 Å². The first-order valence-corrected chi connectivity index (χ1v) is 6.57. The third kappa shape index (κ3) is 2.78. The van der Waals surface area contributed by atoms with Crippen molar-refractivity contribution in [2.75, 3.05) is 18.1 Å². The van der Waals surface area contributed by atoms with E-state index < -0.39 is 0 Å². The second-order valence-corrected chi connectivity index (χ2v) is 4.93. The fraction of sp³-hybridized carbons (Fsp3) is 0.467. The Morgan fingerprint density at radius 1 is 1.37 bits per heavy atom. The molecule has 1 aliphatic heterocycles. The van der Waals surface area contributed by atoms with Crippen LogP contribution in [0.5, 0.6) is 0 Å². The Hall–Kier alpha value is -1.84. The van der Waals surface area contributed by atoms with Crippen LogP contribution in [0.2, 0.25) is 0 Å². The summed E-state index contributed by atoms with van der Waals surface area (Å²) in [6.07, 6.45) is 0.242. The minimum Gasteiger partial charge on any atom is -0.466 e. The van der Waals surface area contributed by atoms with Crippen molar-refractivity contribution in [1.82, 2.24) is 0 Å². The molecule has 0 saturated carbocycles. The second-order valence-electron chi connectivity index (χ2n) is 4.93. The minimum atomic E-state index is -0.339. The van der Waals surface area contributed by atoms with E-state index >= 15 is 0 Å². The highest BCUT2D eigenvalue weighted by atomic mass is 16.5. The number of rotatable bonds is 3. The molecule has 0 bridgehead atoms. The summed E-state index contributed by atoms with van der Waals surface area (Å²) in [5.74, 6) is -0.627. The molecule has 102 valence electrons. The molecule has 4 nitrogen and oxygen atoms in total. The van der Waals surface area contributed by atoms with Gasteiger partial charge in [0.25, 0.3) is 0 Å². The summed E-state index contributed by atoms with van der Waals surface area (Å²) in [6.45, 7) is 6.59. The number of hydrogen-bond donors (Lipinski definition) is 0. The number of anilines is 1. The van der Waals surface area contributed by atoms with Crippen LogP contribution in [-0.2, 0) is 14.3 Å². The Balaban J connectivity index is 2.15. The molecule has 0 spiro atoms. The van der Waals surface area contributed by atoms with Crippen LogP contribution in [0, 0.1) is 19.8 Å². The van der Waals surface area contributed by atoms with Crippen LogP contribution in [0.1, 0.15) is 24.5 Å². The molecule has 1 aliphatic rings. The van der Waals surface area contributed by atoms with E-state index in [9.17, 15) is 9.59 Å². The number of hydrogen-bond acceptors (Lipinski definition) is 3. The molecule has 1 heterocycles. The van der Waals surface area contributed by atoms with E-state index in [0.29, 0.717) is 13.2 Å². The monoisotopic (exact) mass is 261 g/mol.